The maximum absolute atomic E-state index is 13.1. The fraction of sp³-hybridized carbons (Fsp3) is 0.276. The largest absolute Gasteiger partial charge is 0.382 e. The Morgan fingerprint density at radius 1 is 0.750 bits per heavy atom. The highest BCUT2D eigenvalue weighted by molar-refractivity contribution is 7.89. The number of para-hydroxylation sites is 2. The van der Waals surface area contributed by atoms with Gasteiger partial charge in [-0.2, -0.15) is 16.8 Å². The molecule has 2 atom stereocenters. The Labute approximate surface area is 235 Å². The zero-order chi connectivity index (χ0) is 29.2. The molecule has 40 heavy (non-hydrogen) atoms. The van der Waals surface area contributed by atoms with E-state index in [9.17, 15) is 21.6 Å². The highest BCUT2D eigenvalue weighted by Crippen LogP contribution is 2.35. The summed E-state index contributed by atoms with van der Waals surface area (Å²) in [5.41, 5.74) is 2.35. The molecule has 2 aromatic carbocycles. The maximum atomic E-state index is 13.1. The minimum atomic E-state index is -4.09. The van der Waals surface area contributed by atoms with E-state index < -0.39 is 35.8 Å². The first-order chi connectivity index (χ1) is 18.7. The molecule has 0 bridgehead atoms. The normalized spacial score (nSPS) is 22.6. The number of hydrogen-bond donors (Lipinski definition) is 2. The highest BCUT2D eigenvalue weighted by Gasteiger charge is 2.41. The number of anilines is 2. The molecule has 0 aromatic heterocycles. The minimum absolute atomic E-state index is 0.0243. The van der Waals surface area contributed by atoms with Gasteiger partial charge in [0.25, 0.3) is 0 Å². The Balaban J connectivity index is 1.41. The number of hydrogen-bond acceptors (Lipinski definition) is 7. The molecule has 212 valence electrons. The summed E-state index contributed by atoms with van der Waals surface area (Å²) in [6.07, 6.45) is 10.9. The van der Waals surface area contributed by atoms with Crippen molar-refractivity contribution in [1.82, 2.24) is 0 Å². The van der Waals surface area contributed by atoms with Crippen LogP contribution < -0.4 is 19.0 Å². The average molecular weight is 585 g/mol. The molecule has 0 spiro atoms. The second kappa shape index (κ2) is 11.0. The second-order valence-electron chi connectivity index (χ2n) is 10.4. The van der Waals surface area contributed by atoms with Crippen molar-refractivity contribution < 1.29 is 30.0 Å². The topological polar surface area (TPSA) is 128 Å². The summed E-state index contributed by atoms with van der Waals surface area (Å²) in [4.78, 5) is 12.7. The fourth-order valence-corrected chi connectivity index (χ4v) is 6.90. The molecule has 11 heteroatoms. The standard InChI is InChI=1S/C29H32N2O7S2/c1-21-9-7-17-28(3,19-21)39(33,34)37-24-15-13-23(14-16-24)30-27(32)31-25-11-5-6-12-26(25)38-40(35,36)29(4)18-8-10-22(2)20-29/h5-18H,19-20H2,1-4H3,(H2,30,31,32). The third kappa shape index (κ3) is 6.31. The molecule has 0 saturated carbocycles. The van der Waals surface area contributed by atoms with Gasteiger partial charge in [0.2, 0.25) is 0 Å². The van der Waals surface area contributed by atoms with E-state index in [4.69, 9.17) is 8.37 Å². The molecule has 2 aliphatic carbocycles. The van der Waals surface area contributed by atoms with Crippen molar-refractivity contribution in [2.75, 3.05) is 10.6 Å². The van der Waals surface area contributed by atoms with Crippen molar-refractivity contribution >= 4 is 37.6 Å². The van der Waals surface area contributed by atoms with Gasteiger partial charge in [0.15, 0.2) is 5.75 Å². The van der Waals surface area contributed by atoms with Gasteiger partial charge in [-0.25, -0.2) is 4.79 Å². The van der Waals surface area contributed by atoms with Gasteiger partial charge in [-0.1, -0.05) is 59.7 Å². The van der Waals surface area contributed by atoms with Crippen molar-refractivity contribution in [3.05, 3.63) is 96.1 Å². The van der Waals surface area contributed by atoms with Crippen LogP contribution in [0.2, 0.25) is 0 Å². The van der Waals surface area contributed by atoms with Gasteiger partial charge < -0.3 is 19.0 Å². The van der Waals surface area contributed by atoms with Gasteiger partial charge in [-0.15, -0.1) is 0 Å². The Morgan fingerprint density at radius 2 is 1.27 bits per heavy atom. The molecule has 2 unspecified atom stereocenters. The lowest BCUT2D eigenvalue weighted by atomic mass is 9.96. The molecule has 2 amide bonds. The Hall–Kier alpha value is -3.83. The fourth-order valence-electron chi connectivity index (χ4n) is 4.47. The zero-order valence-corrected chi connectivity index (χ0v) is 24.3. The molecular weight excluding hydrogens is 552 g/mol. The van der Waals surface area contributed by atoms with Crippen molar-refractivity contribution in [1.29, 1.82) is 0 Å². The molecule has 0 heterocycles. The molecule has 0 aliphatic heterocycles. The first kappa shape index (κ1) is 29.2. The van der Waals surface area contributed by atoms with Crippen LogP contribution in [-0.4, -0.2) is 32.4 Å². The van der Waals surface area contributed by atoms with Crippen LogP contribution in [0.15, 0.2) is 96.1 Å². The van der Waals surface area contributed by atoms with E-state index in [0.29, 0.717) is 12.1 Å². The number of nitrogens with one attached hydrogen (secondary N) is 2. The summed E-state index contributed by atoms with van der Waals surface area (Å²) in [5.74, 6) is 0.0795. The summed E-state index contributed by atoms with van der Waals surface area (Å²) in [6.45, 7) is 6.90. The number of urea groups is 1. The van der Waals surface area contributed by atoms with Gasteiger partial charge in [0.05, 0.1) is 5.69 Å². The van der Waals surface area contributed by atoms with Gasteiger partial charge >= 0.3 is 26.3 Å². The smallest absolute Gasteiger partial charge is 0.323 e. The summed E-state index contributed by atoms with van der Waals surface area (Å²) in [6, 6.07) is 11.4. The molecule has 9 nitrogen and oxygen atoms in total. The van der Waals surface area contributed by atoms with Crippen LogP contribution in [0, 0.1) is 0 Å². The lowest BCUT2D eigenvalue weighted by Gasteiger charge is -2.28. The quantitative estimate of drug-likeness (QED) is 0.360. The third-order valence-corrected chi connectivity index (χ3v) is 10.4. The van der Waals surface area contributed by atoms with E-state index in [2.05, 4.69) is 10.6 Å². The summed E-state index contributed by atoms with van der Waals surface area (Å²) >= 11 is 0. The van der Waals surface area contributed by atoms with E-state index >= 15 is 0 Å². The minimum Gasteiger partial charge on any atom is -0.382 e. The molecule has 0 fully saturated rings. The van der Waals surface area contributed by atoms with E-state index in [-0.39, 0.29) is 23.6 Å². The number of benzene rings is 2. The third-order valence-electron chi connectivity index (χ3n) is 6.71. The van der Waals surface area contributed by atoms with Crippen LogP contribution in [0.25, 0.3) is 0 Å². The summed E-state index contributed by atoms with van der Waals surface area (Å²) in [5, 5.41) is 5.23. The molecule has 0 saturated heterocycles. The number of carbonyl (C=O) groups is 1. The monoisotopic (exact) mass is 584 g/mol. The first-order valence-corrected chi connectivity index (χ1v) is 15.4. The van der Waals surface area contributed by atoms with Crippen LogP contribution in [0.5, 0.6) is 11.5 Å². The highest BCUT2D eigenvalue weighted by atomic mass is 32.2. The Morgan fingerprint density at radius 3 is 1.82 bits per heavy atom. The lowest BCUT2D eigenvalue weighted by Crippen LogP contribution is -2.38. The van der Waals surface area contributed by atoms with Gasteiger partial charge in [0.1, 0.15) is 15.2 Å². The van der Waals surface area contributed by atoms with Gasteiger partial charge in [-0.3, -0.25) is 0 Å². The molecule has 2 aliphatic rings. The number of allylic oxidation sites excluding steroid dienone is 6. The van der Waals surface area contributed by atoms with Crippen molar-refractivity contribution in [2.45, 2.75) is 50.0 Å². The second-order valence-corrected chi connectivity index (χ2v) is 14.4. The van der Waals surface area contributed by atoms with Crippen LogP contribution in [0.4, 0.5) is 16.2 Å². The maximum Gasteiger partial charge on any atom is 0.323 e. The predicted octanol–water partition coefficient (Wildman–Crippen LogP) is 6.08. The SMILES string of the molecule is CC1=CC=CC(C)(S(=O)(=O)Oc2ccc(NC(=O)Nc3ccccc3OS(=O)(=O)C3(C)C=CC=C(C)C3)cc2)C1. The predicted molar refractivity (Wildman–Crippen MR) is 156 cm³/mol. The van der Waals surface area contributed by atoms with E-state index in [1.165, 1.54) is 36.4 Å². The van der Waals surface area contributed by atoms with Crippen molar-refractivity contribution in [3.8, 4) is 11.5 Å². The average Bonchev–Trinajstić information content (AvgIpc) is 2.86. The number of carbonyl (C=O) groups excluding carboxylic acids is 1. The van der Waals surface area contributed by atoms with Crippen molar-refractivity contribution in [2.24, 2.45) is 0 Å². The molecule has 2 aromatic rings. The molecule has 2 N–H and O–H groups in total. The Bertz CT molecular complexity index is 1640. The van der Waals surface area contributed by atoms with E-state index in [1.807, 2.05) is 26.0 Å². The van der Waals surface area contributed by atoms with Crippen molar-refractivity contribution in [3.63, 3.8) is 0 Å². The van der Waals surface area contributed by atoms with E-state index in [1.54, 1.807) is 50.3 Å². The molecule has 0 radical (unpaired) electrons. The van der Waals surface area contributed by atoms with Crippen LogP contribution in [0.1, 0.15) is 40.5 Å². The van der Waals surface area contributed by atoms with Crippen LogP contribution >= 0.6 is 0 Å². The number of rotatable bonds is 8. The first-order valence-electron chi connectivity index (χ1n) is 12.6. The number of amides is 2. The summed E-state index contributed by atoms with van der Waals surface area (Å²) in [7, 11) is -8.07. The van der Waals surface area contributed by atoms with E-state index in [0.717, 1.165) is 11.1 Å². The summed E-state index contributed by atoms with van der Waals surface area (Å²) < 4.78 is 60.5. The Kier molecular flexibility index (Phi) is 8.00. The molecule has 4 rings (SSSR count). The molecular formula is C29H32N2O7S2. The van der Waals surface area contributed by atoms with Crippen LogP contribution in [-0.2, 0) is 20.2 Å². The van der Waals surface area contributed by atoms with Crippen LogP contribution in [0.3, 0.4) is 0 Å². The lowest BCUT2D eigenvalue weighted by molar-refractivity contribution is 0.262. The van der Waals surface area contributed by atoms with Gasteiger partial charge in [0, 0.05) is 5.69 Å². The van der Waals surface area contributed by atoms with Gasteiger partial charge in [-0.05, 0) is 76.9 Å². The zero-order valence-electron chi connectivity index (χ0n) is 22.7.